The van der Waals surface area contributed by atoms with E-state index in [2.05, 4.69) is 48.1 Å². The van der Waals surface area contributed by atoms with Gasteiger partial charge in [0.05, 0.1) is 6.33 Å². The Hall–Kier alpha value is -2.30. The van der Waals surface area contributed by atoms with Gasteiger partial charge in [0.15, 0.2) is 0 Å². The summed E-state index contributed by atoms with van der Waals surface area (Å²) >= 11 is 0. The van der Waals surface area contributed by atoms with E-state index in [4.69, 9.17) is 0 Å². The molecule has 22 heavy (non-hydrogen) atoms. The maximum atomic E-state index is 12.7. The Morgan fingerprint density at radius 1 is 1.41 bits per heavy atom. The van der Waals surface area contributed by atoms with Crippen molar-refractivity contribution in [2.45, 2.75) is 31.5 Å². The summed E-state index contributed by atoms with van der Waals surface area (Å²) in [6.07, 6.45) is 6.36. The number of nitrogens with zero attached hydrogens (tertiary/aromatic N) is 4. The Kier molecular flexibility index (Phi) is 2.79. The zero-order valence-electron chi connectivity index (χ0n) is 12.9. The molecule has 2 aromatic rings. The average Bonchev–Trinajstić information content (AvgIpc) is 3.18. The van der Waals surface area contributed by atoms with Gasteiger partial charge in [0, 0.05) is 37.1 Å². The highest BCUT2D eigenvalue weighted by Crippen LogP contribution is 2.51. The van der Waals surface area contributed by atoms with Gasteiger partial charge >= 0.3 is 0 Å². The molecule has 4 rings (SSSR count). The second kappa shape index (κ2) is 4.60. The minimum Gasteiger partial charge on any atom is -0.353 e. The number of imidazole rings is 1. The van der Waals surface area contributed by atoms with Crippen LogP contribution in [0.4, 0.5) is 5.69 Å². The molecule has 0 bridgehead atoms. The third-order valence-electron chi connectivity index (χ3n) is 5.20. The van der Waals surface area contributed by atoms with Crippen LogP contribution in [0.1, 0.15) is 18.9 Å². The second-order valence-corrected chi connectivity index (χ2v) is 6.49. The number of anilines is 1. The molecular weight excluding hydrogens is 276 g/mol. The number of aromatic nitrogens is 2. The molecule has 1 aromatic heterocycles. The van der Waals surface area contributed by atoms with E-state index >= 15 is 0 Å². The van der Waals surface area contributed by atoms with Crippen LogP contribution in [0, 0.1) is 0 Å². The van der Waals surface area contributed by atoms with Crippen LogP contribution in [0.2, 0.25) is 0 Å². The second-order valence-electron chi connectivity index (χ2n) is 6.49. The van der Waals surface area contributed by atoms with E-state index in [1.165, 1.54) is 11.3 Å². The summed E-state index contributed by atoms with van der Waals surface area (Å²) in [6.45, 7) is 3.45. The summed E-state index contributed by atoms with van der Waals surface area (Å²) < 4.78 is 1.83. The van der Waals surface area contributed by atoms with Crippen molar-refractivity contribution < 1.29 is 4.79 Å². The fourth-order valence-electron chi connectivity index (χ4n) is 4.14. The van der Waals surface area contributed by atoms with Crippen molar-refractivity contribution in [2.24, 2.45) is 0 Å². The molecule has 0 spiro atoms. The Balaban J connectivity index is 1.65. The number of likely N-dealkylation sites (N-methyl/N-ethyl adjacent to an activating group) is 1. The fourth-order valence-corrected chi connectivity index (χ4v) is 4.14. The van der Waals surface area contributed by atoms with Gasteiger partial charge in [-0.15, -0.1) is 0 Å². The number of benzene rings is 1. The zero-order valence-corrected chi connectivity index (χ0v) is 12.9. The smallest absolute Gasteiger partial charge is 0.244 e. The zero-order chi connectivity index (χ0) is 15.3. The maximum Gasteiger partial charge on any atom is 0.244 e. The molecule has 5 heteroatoms. The van der Waals surface area contributed by atoms with Crippen LogP contribution in [-0.4, -0.2) is 40.1 Å². The summed E-state index contributed by atoms with van der Waals surface area (Å²) in [5.41, 5.74) is 2.63. The molecule has 0 N–H and O–H groups in total. The van der Waals surface area contributed by atoms with E-state index in [-0.39, 0.29) is 17.5 Å². The van der Waals surface area contributed by atoms with E-state index in [1.54, 1.807) is 12.5 Å². The van der Waals surface area contributed by atoms with Gasteiger partial charge in [0.2, 0.25) is 5.91 Å². The number of para-hydroxylation sites is 1. The summed E-state index contributed by atoms with van der Waals surface area (Å²) in [5, 5.41) is 0. The normalized spacial score (nSPS) is 26.2. The molecule has 0 radical (unpaired) electrons. The molecule has 1 aromatic carbocycles. The van der Waals surface area contributed by atoms with Gasteiger partial charge in [-0.1, -0.05) is 25.1 Å². The Labute approximate surface area is 130 Å². The first-order valence-corrected chi connectivity index (χ1v) is 7.69. The third-order valence-corrected chi connectivity index (χ3v) is 5.20. The van der Waals surface area contributed by atoms with Gasteiger partial charge in [-0.25, -0.2) is 4.98 Å². The average molecular weight is 296 g/mol. The van der Waals surface area contributed by atoms with Gasteiger partial charge in [-0.05, 0) is 18.1 Å². The molecule has 1 fully saturated rings. The Bertz CT molecular complexity index is 711. The van der Waals surface area contributed by atoms with E-state index in [9.17, 15) is 4.79 Å². The van der Waals surface area contributed by atoms with Gasteiger partial charge < -0.3 is 14.4 Å². The fraction of sp³-hybridized carbons (Fsp3) is 0.412. The third kappa shape index (κ3) is 1.71. The predicted molar refractivity (Wildman–Crippen MR) is 84.5 cm³/mol. The van der Waals surface area contributed by atoms with E-state index in [1.807, 2.05) is 15.7 Å². The lowest BCUT2D eigenvalue weighted by Gasteiger charge is -2.34. The van der Waals surface area contributed by atoms with Crippen molar-refractivity contribution in [1.29, 1.82) is 0 Å². The molecule has 2 unspecified atom stereocenters. The van der Waals surface area contributed by atoms with E-state index < -0.39 is 0 Å². The molecule has 1 saturated heterocycles. The van der Waals surface area contributed by atoms with Gasteiger partial charge in [-0.3, -0.25) is 4.79 Å². The number of likely N-dealkylation sites (tertiary alicyclic amines) is 1. The van der Waals surface area contributed by atoms with Crippen molar-refractivity contribution in [2.75, 3.05) is 18.5 Å². The number of hydrogen-bond acceptors (Lipinski definition) is 3. The lowest BCUT2D eigenvalue weighted by Crippen LogP contribution is -2.50. The molecule has 2 aliphatic heterocycles. The molecule has 2 aliphatic rings. The van der Waals surface area contributed by atoms with Crippen LogP contribution in [0.5, 0.6) is 0 Å². The SMILES string of the molecule is CN1c2ccccc2C2(C)CCN(C(=O)Cn3ccnc3)C12. The molecule has 0 aliphatic carbocycles. The van der Waals surface area contributed by atoms with Crippen LogP contribution in [0.3, 0.4) is 0 Å². The molecule has 1 amide bonds. The number of amides is 1. The monoisotopic (exact) mass is 296 g/mol. The molecule has 3 heterocycles. The number of rotatable bonds is 2. The van der Waals surface area contributed by atoms with Crippen LogP contribution in [-0.2, 0) is 16.8 Å². The summed E-state index contributed by atoms with van der Waals surface area (Å²) in [7, 11) is 2.09. The standard InChI is InChI=1S/C17H20N4O/c1-17-7-9-21(15(22)11-20-10-8-18-12-20)16(17)19(2)14-6-4-3-5-13(14)17/h3-6,8,10,12,16H,7,9,11H2,1-2H3. The number of carbonyl (C=O) groups excluding carboxylic acids is 1. The number of hydrogen-bond donors (Lipinski definition) is 0. The summed E-state index contributed by atoms with van der Waals surface area (Å²) in [4.78, 5) is 21.0. The molecule has 5 nitrogen and oxygen atoms in total. The van der Waals surface area contributed by atoms with Crippen molar-refractivity contribution in [3.8, 4) is 0 Å². The molecule has 2 atom stereocenters. The predicted octanol–water partition coefficient (Wildman–Crippen LogP) is 1.85. The van der Waals surface area contributed by atoms with Crippen LogP contribution < -0.4 is 4.90 Å². The number of fused-ring (bicyclic) bond motifs is 3. The lowest BCUT2D eigenvalue weighted by molar-refractivity contribution is -0.133. The quantitative estimate of drug-likeness (QED) is 0.849. The highest BCUT2D eigenvalue weighted by Gasteiger charge is 2.54. The van der Waals surface area contributed by atoms with E-state index in [0.29, 0.717) is 6.54 Å². The van der Waals surface area contributed by atoms with Crippen LogP contribution in [0.25, 0.3) is 0 Å². The summed E-state index contributed by atoms with van der Waals surface area (Å²) in [6, 6.07) is 8.51. The Morgan fingerprint density at radius 2 is 2.23 bits per heavy atom. The molecular formula is C17H20N4O. The van der Waals surface area contributed by atoms with Crippen LogP contribution in [0.15, 0.2) is 43.0 Å². The molecule has 0 saturated carbocycles. The Morgan fingerprint density at radius 3 is 3.00 bits per heavy atom. The first-order valence-electron chi connectivity index (χ1n) is 7.69. The van der Waals surface area contributed by atoms with Crippen molar-refractivity contribution in [3.63, 3.8) is 0 Å². The summed E-state index contributed by atoms with van der Waals surface area (Å²) in [5.74, 6) is 0.159. The molecule has 114 valence electrons. The maximum absolute atomic E-state index is 12.7. The minimum atomic E-state index is 0.0238. The van der Waals surface area contributed by atoms with Gasteiger partial charge in [0.1, 0.15) is 12.7 Å². The first kappa shape index (κ1) is 13.4. The number of carbonyl (C=O) groups is 1. The van der Waals surface area contributed by atoms with Crippen molar-refractivity contribution in [3.05, 3.63) is 48.5 Å². The largest absolute Gasteiger partial charge is 0.353 e. The highest BCUT2D eigenvalue weighted by molar-refractivity contribution is 5.79. The van der Waals surface area contributed by atoms with Crippen molar-refractivity contribution in [1.82, 2.24) is 14.5 Å². The van der Waals surface area contributed by atoms with E-state index in [0.717, 1.165) is 13.0 Å². The van der Waals surface area contributed by atoms with Gasteiger partial charge in [0.25, 0.3) is 0 Å². The van der Waals surface area contributed by atoms with Crippen LogP contribution >= 0.6 is 0 Å². The topological polar surface area (TPSA) is 41.4 Å². The lowest BCUT2D eigenvalue weighted by atomic mass is 9.81. The van der Waals surface area contributed by atoms with Crippen molar-refractivity contribution >= 4 is 11.6 Å². The minimum absolute atomic E-state index is 0.0238. The highest BCUT2D eigenvalue weighted by atomic mass is 16.2. The van der Waals surface area contributed by atoms with Gasteiger partial charge in [-0.2, -0.15) is 0 Å². The first-order chi connectivity index (χ1) is 10.6.